The van der Waals surface area contributed by atoms with E-state index in [-0.39, 0.29) is 0 Å². The van der Waals surface area contributed by atoms with Crippen LogP contribution in [-0.4, -0.2) is 5.11 Å². The van der Waals surface area contributed by atoms with Gasteiger partial charge in [0.25, 0.3) is 0 Å². The lowest BCUT2D eigenvalue weighted by molar-refractivity contribution is 0.0283. The molecule has 0 radical (unpaired) electrons. The van der Waals surface area contributed by atoms with Gasteiger partial charge in [-0.15, -0.1) is 0 Å². The fraction of sp³-hybridized carbons (Fsp3) is 0.412. The number of aliphatic hydroxyl groups is 1. The topological polar surface area (TPSA) is 20.2 Å². The Bertz CT molecular complexity index is 524. The van der Waals surface area contributed by atoms with Gasteiger partial charge in [0.15, 0.2) is 0 Å². The highest BCUT2D eigenvalue weighted by atomic mass is 32.1. The molecular formula is C17H22OS. The molecule has 2 rings (SSSR count). The molecule has 0 atom stereocenters. The maximum Gasteiger partial charge on any atom is 0.0891 e. The van der Waals surface area contributed by atoms with E-state index >= 15 is 0 Å². The average Bonchev–Trinajstić information content (AvgIpc) is 2.99. The van der Waals surface area contributed by atoms with Crippen molar-refractivity contribution in [2.75, 3.05) is 0 Å². The third kappa shape index (κ3) is 2.75. The molecule has 2 heteroatoms. The maximum atomic E-state index is 10.6. The van der Waals surface area contributed by atoms with Crippen molar-refractivity contribution in [1.29, 1.82) is 0 Å². The van der Waals surface area contributed by atoms with Crippen LogP contribution in [0.3, 0.4) is 0 Å². The predicted octanol–water partition coefficient (Wildman–Crippen LogP) is 4.99. The number of rotatable bonds is 5. The Hall–Kier alpha value is -1.12. The zero-order chi connectivity index (χ0) is 13.9. The van der Waals surface area contributed by atoms with Crippen molar-refractivity contribution < 1.29 is 5.11 Å². The predicted molar refractivity (Wildman–Crippen MR) is 83.6 cm³/mol. The monoisotopic (exact) mass is 274 g/mol. The fourth-order valence-corrected chi connectivity index (χ4v) is 3.19. The van der Waals surface area contributed by atoms with Crippen molar-refractivity contribution >= 4 is 11.3 Å². The first-order valence-electron chi connectivity index (χ1n) is 7.03. The van der Waals surface area contributed by atoms with Crippen molar-refractivity contribution in [2.45, 2.75) is 45.6 Å². The number of thiophene rings is 1. The summed E-state index contributed by atoms with van der Waals surface area (Å²) in [6, 6.07) is 8.58. The van der Waals surface area contributed by atoms with E-state index in [0.29, 0.717) is 0 Å². The van der Waals surface area contributed by atoms with Gasteiger partial charge in [0.2, 0.25) is 0 Å². The van der Waals surface area contributed by atoms with Crippen molar-refractivity contribution in [2.24, 2.45) is 0 Å². The van der Waals surface area contributed by atoms with E-state index in [1.807, 2.05) is 13.8 Å². The van der Waals surface area contributed by atoms with E-state index in [4.69, 9.17) is 0 Å². The van der Waals surface area contributed by atoms with E-state index < -0.39 is 5.60 Å². The molecule has 1 heterocycles. The molecule has 0 aliphatic heterocycles. The molecule has 0 spiro atoms. The smallest absolute Gasteiger partial charge is 0.0891 e. The first kappa shape index (κ1) is 14.3. The SMILES string of the molecule is CCc1cc(C(O)(CC)CC)ccc1-c1ccsc1. The number of benzene rings is 1. The van der Waals surface area contributed by atoms with Gasteiger partial charge in [0.1, 0.15) is 0 Å². The largest absolute Gasteiger partial charge is 0.385 e. The third-order valence-corrected chi connectivity index (χ3v) is 4.71. The minimum Gasteiger partial charge on any atom is -0.385 e. The zero-order valence-corrected chi connectivity index (χ0v) is 12.8. The molecule has 0 bridgehead atoms. The molecule has 2 aromatic rings. The summed E-state index contributed by atoms with van der Waals surface area (Å²) in [7, 11) is 0. The van der Waals surface area contributed by atoms with Gasteiger partial charge in [-0.3, -0.25) is 0 Å². The second-order valence-corrected chi connectivity index (χ2v) is 5.76. The fourth-order valence-electron chi connectivity index (χ4n) is 2.53. The van der Waals surface area contributed by atoms with E-state index in [2.05, 4.69) is 41.9 Å². The van der Waals surface area contributed by atoms with E-state index in [9.17, 15) is 5.11 Å². The summed E-state index contributed by atoms with van der Waals surface area (Å²) < 4.78 is 0. The van der Waals surface area contributed by atoms with Gasteiger partial charge < -0.3 is 5.11 Å². The van der Waals surface area contributed by atoms with Gasteiger partial charge in [0, 0.05) is 0 Å². The van der Waals surface area contributed by atoms with Crippen molar-refractivity contribution in [3.63, 3.8) is 0 Å². The molecule has 19 heavy (non-hydrogen) atoms. The van der Waals surface area contributed by atoms with Crippen molar-refractivity contribution in [3.05, 3.63) is 46.2 Å². The molecule has 0 unspecified atom stereocenters. The normalized spacial score (nSPS) is 11.8. The first-order valence-corrected chi connectivity index (χ1v) is 7.97. The second-order valence-electron chi connectivity index (χ2n) is 4.98. The van der Waals surface area contributed by atoms with Gasteiger partial charge in [-0.25, -0.2) is 0 Å². The Morgan fingerprint density at radius 3 is 2.37 bits per heavy atom. The molecule has 1 aromatic heterocycles. The molecule has 1 N–H and O–H groups in total. The Morgan fingerprint density at radius 1 is 1.11 bits per heavy atom. The highest BCUT2D eigenvalue weighted by molar-refractivity contribution is 7.08. The van der Waals surface area contributed by atoms with Crippen LogP contribution in [0.2, 0.25) is 0 Å². The highest BCUT2D eigenvalue weighted by Crippen LogP contribution is 2.33. The molecule has 0 amide bonds. The van der Waals surface area contributed by atoms with Crippen molar-refractivity contribution in [1.82, 2.24) is 0 Å². The van der Waals surface area contributed by atoms with Crippen LogP contribution < -0.4 is 0 Å². The molecule has 0 aliphatic rings. The zero-order valence-electron chi connectivity index (χ0n) is 11.9. The van der Waals surface area contributed by atoms with Gasteiger partial charge in [-0.2, -0.15) is 11.3 Å². The summed E-state index contributed by atoms with van der Waals surface area (Å²) in [4.78, 5) is 0. The van der Waals surface area contributed by atoms with Crippen LogP contribution in [0.1, 0.15) is 44.7 Å². The van der Waals surface area contributed by atoms with E-state index in [1.54, 1.807) is 11.3 Å². The Balaban J connectivity index is 2.47. The average molecular weight is 274 g/mol. The van der Waals surface area contributed by atoms with Crippen LogP contribution in [0.15, 0.2) is 35.0 Å². The van der Waals surface area contributed by atoms with Crippen LogP contribution in [0, 0.1) is 0 Å². The second kappa shape index (κ2) is 5.89. The Labute approximate surface area is 119 Å². The molecule has 0 saturated heterocycles. The molecule has 0 fully saturated rings. The van der Waals surface area contributed by atoms with Gasteiger partial charge in [-0.1, -0.05) is 39.0 Å². The molecule has 102 valence electrons. The van der Waals surface area contributed by atoms with Crippen LogP contribution in [-0.2, 0) is 12.0 Å². The molecular weight excluding hydrogens is 252 g/mol. The van der Waals surface area contributed by atoms with Crippen LogP contribution in [0.4, 0.5) is 0 Å². The minimum atomic E-state index is -0.683. The summed E-state index contributed by atoms with van der Waals surface area (Å²) in [5, 5.41) is 14.9. The minimum absolute atomic E-state index is 0.683. The third-order valence-electron chi connectivity index (χ3n) is 4.03. The summed E-state index contributed by atoms with van der Waals surface area (Å²) >= 11 is 1.72. The van der Waals surface area contributed by atoms with E-state index in [1.165, 1.54) is 16.7 Å². The quantitative estimate of drug-likeness (QED) is 0.814. The number of aryl methyl sites for hydroxylation is 1. The number of hydrogen-bond acceptors (Lipinski definition) is 2. The lowest BCUT2D eigenvalue weighted by Gasteiger charge is -2.27. The first-order chi connectivity index (χ1) is 9.14. The number of hydrogen-bond donors (Lipinski definition) is 1. The molecule has 1 aromatic carbocycles. The summed E-state index contributed by atoms with van der Waals surface area (Å²) in [5.74, 6) is 0. The summed E-state index contributed by atoms with van der Waals surface area (Å²) in [6.45, 7) is 6.26. The molecule has 1 nitrogen and oxygen atoms in total. The van der Waals surface area contributed by atoms with Gasteiger partial charge in [0.05, 0.1) is 5.60 Å². The van der Waals surface area contributed by atoms with E-state index in [0.717, 1.165) is 24.8 Å². The van der Waals surface area contributed by atoms with Crippen LogP contribution in [0.5, 0.6) is 0 Å². The van der Waals surface area contributed by atoms with Crippen molar-refractivity contribution in [3.8, 4) is 11.1 Å². The lowest BCUT2D eigenvalue weighted by atomic mass is 9.85. The Morgan fingerprint density at radius 2 is 1.84 bits per heavy atom. The summed E-state index contributed by atoms with van der Waals surface area (Å²) in [5.41, 5.74) is 4.26. The maximum absolute atomic E-state index is 10.6. The van der Waals surface area contributed by atoms with Gasteiger partial charge >= 0.3 is 0 Å². The standard InChI is InChI=1S/C17H22OS/c1-4-13-11-15(17(18,5-2)6-3)7-8-16(13)14-9-10-19-12-14/h7-12,18H,4-6H2,1-3H3. The molecule has 0 saturated carbocycles. The summed E-state index contributed by atoms with van der Waals surface area (Å²) in [6.07, 6.45) is 2.50. The van der Waals surface area contributed by atoms with Crippen LogP contribution >= 0.6 is 11.3 Å². The molecule has 0 aliphatic carbocycles. The Kier molecular flexibility index (Phi) is 4.43. The highest BCUT2D eigenvalue weighted by Gasteiger charge is 2.25. The van der Waals surface area contributed by atoms with Crippen LogP contribution in [0.25, 0.3) is 11.1 Å². The lowest BCUT2D eigenvalue weighted by Crippen LogP contribution is -2.23. The van der Waals surface area contributed by atoms with Gasteiger partial charge in [-0.05, 0) is 58.3 Å².